The molecule has 166 valence electrons. The average molecular weight is 429 g/mol. The van der Waals surface area contributed by atoms with E-state index in [1.807, 2.05) is 30.3 Å². The van der Waals surface area contributed by atoms with Gasteiger partial charge in [0.15, 0.2) is 0 Å². The maximum absolute atomic E-state index is 12.7. The summed E-state index contributed by atoms with van der Waals surface area (Å²) in [6, 6.07) is 10.8. The number of rotatable bonds is 6. The molecular weight excluding hydrogens is 402 g/mol. The number of amides is 2. The molecule has 1 heterocycles. The smallest absolute Gasteiger partial charge is 0.290 e. The van der Waals surface area contributed by atoms with Crippen LogP contribution < -0.4 is 5.32 Å². The van der Waals surface area contributed by atoms with E-state index in [2.05, 4.69) is 10.5 Å². The third-order valence-corrected chi connectivity index (χ3v) is 4.98. The zero-order chi connectivity index (χ0) is 22.6. The second-order valence-corrected chi connectivity index (χ2v) is 7.23. The number of nitrogens with one attached hydrogen (secondary N) is 1. The molecule has 1 fully saturated rings. The summed E-state index contributed by atoms with van der Waals surface area (Å²) >= 11 is 0. The minimum Gasteiger partial charge on any atom is -0.483 e. The van der Waals surface area contributed by atoms with Gasteiger partial charge in [-0.15, -0.1) is 0 Å². The molecule has 9 nitrogen and oxygen atoms in total. The predicted octanol–water partition coefficient (Wildman–Crippen LogP) is 1.69. The number of aliphatic hydroxyl groups excluding tert-OH is 1. The highest BCUT2D eigenvalue weighted by Gasteiger charge is 2.34. The largest absolute Gasteiger partial charge is 0.483 e. The van der Waals surface area contributed by atoms with E-state index in [1.54, 1.807) is 24.1 Å². The lowest BCUT2D eigenvalue weighted by Crippen LogP contribution is -2.49. The Bertz CT molecular complexity index is 853. The van der Waals surface area contributed by atoms with E-state index >= 15 is 0 Å². The van der Waals surface area contributed by atoms with Crippen molar-refractivity contribution in [3.05, 3.63) is 60.0 Å². The Hall–Kier alpha value is -3.46. The van der Waals surface area contributed by atoms with Crippen molar-refractivity contribution in [1.29, 1.82) is 0 Å². The van der Waals surface area contributed by atoms with Crippen molar-refractivity contribution in [2.45, 2.75) is 38.0 Å². The minimum atomic E-state index is -0.654. The lowest BCUT2D eigenvalue weighted by Gasteiger charge is -2.34. The quantitative estimate of drug-likeness (QED) is 0.470. The first-order chi connectivity index (χ1) is 14.9. The van der Waals surface area contributed by atoms with Crippen LogP contribution in [0, 0.1) is 5.92 Å². The minimum absolute atomic E-state index is 0.0195. The normalized spacial score (nSPS) is 20.4. The summed E-state index contributed by atoms with van der Waals surface area (Å²) in [5, 5.41) is 23.8. The molecule has 1 aromatic carbocycles. The van der Waals surface area contributed by atoms with Gasteiger partial charge in [-0.05, 0) is 30.9 Å². The Labute approximate surface area is 180 Å². The van der Waals surface area contributed by atoms with Gasteiger partial charge in [0.1, 0.15) is 12.0 Å². The molecule has 3 N–H and O–H groups in total. The van der Waals surface area contributed by atoms with Crippen molar-refractivity contribution in [3.8, 4) is 0 Å². The molecule has 0 unspecified atom stereocenters. The summed E-state index contributed by atoms with van der Waals surface area (Å²) in [7, 11) is 1.72. The van der Waals surface area contributed by atoms with Crippen LogP contribution in [0.2, 0.25) is 0 Å². The van der Waals surface area contributed by atoms with Crippen LogP contribution in [0.5, 0.6) is 0 Å². The predicted molar refractivity (Wildman–Crippen MR) is 112 cm³/mol. The highest BCUT2D eigenvalue weighted by atomic mass is 16.5. The van der Waals surface area contributed by atoms with Crippen LogP contribution in [-0.4, -0.2) is 57.7 Å². The number of aromatic nitrogens is 1. The second-order valence-electron chi connectivity index (χ2n) is 7.23. The molecule has 1 saturated carbocycles. The van der Waals surface area contributed by atoms with Gasteiger partial charge in [0, 0.05) is 25.1 Å². The van der Waals surface area contributed by atoms with Gasteiger partial charge < -0.3 is 25.0 Å². The second kappa shape index (κ2) is 12.3. The molecule has 3 atom stereocenters. The van der Waals surface area contributed by atoms with Crippen LogP contribution in [0.25, 0.3) is 6.08 Å². The molecule has 0 bridgehead atoms. The fourth-order valence-electron chi connectivity index (χ4n) is 3.45. The number of hydrogen-bond donors (Lipinski definition) is 3. The Balaban J connectivity index is 0.00000107. The van der Waals surface area contributed by atoms with Crippen LogP contribution in [0.4, 0.5) is 0 Å². The van der Waals surface area contributed by atoms with Crippen LogP contribution in [0.3, 0.4) is 0 Å². The van der Waals surface area contributed by atoms with Gasteiger partial charge in [-0.3, -0.25) is 14.4 Å². The molecule has 1 aromatic heterocycles. The van der Waals surface area contributed by atoms with Crippen LogP contribution >= 0.6 is 0 Å². The van der Waals surface area contributed by atoms with Crippen LogP contribution in [0.1, 0.15) is 30.5 Å². The lowest BCUT2D eigenvalue weighted by molar-refractivity contribution is -0.137. The molecule has 9 heteroatoms. The van der Waals surface area contributed by atoms with Crippen molar-refractivity contribution in [2.75, 3.05) is 7.05 Å². The third kappa shape index (κ3) is 7.71. The molecule has 1 aliphatic rings. The summed E-state index contributed by atoms with van der Waals surface area (Å²) in [6.07, 6.45) is 5.46. The van der Waals surface area contributed by atoms with E-state index < -0.39 is 12.1 Å². The first-order valence-corrected chi connectivity index (χ1v) is 9.88. The summed E-state index contributed by atoms with van der Waals surface area (Å²) in [5.74, 6) is -0.547. The van der Waals surface area contributed by atoms with Gasteiger partial charge >= 0.3 is 0 Å². The molecule has 0 aliphatic heterocycles. The van der Waals surface area contributed by atoms with Crippen molar-refractivity contribution >= 4 is 24.4 Å². The van der Waals surface area contributed by atoms with Crippen LogP contribution in [0.15, 0.2) is 53.3 Å². The molecular formula is C22H27N3O6. The number of aliphatic hydroxyl groups is 1. The monoisotopic (exact) mass is 429 g/mol. The summed E-state index contributed by atoms with van der Waals surface area (Å²) in [4.78, 5) is 34.9. The first-order valence-electron chi connectivity index (χ1n) is 9.88. The summed E-state index contributed by atoms with van der Waals surface area (Å²) in [6.45, 7) is 0.116. The van der Waals surface area contributed by atoms with Gasteiger partial charge in [-0.1, -0.05) is 35.5 Å². The van der Waals surface area contributed by atoms with Crippen molar-refractivity contribution in [3.63, 3.8) is 0 Å². The van der Waals surface area contributed by atoms with E-state index in [9.17, 15) is 14.7 Å². The SMILES string of the molecule is CN(Cc1ccon1)C(=O)[C@H]1CC[C@@H](O)[C@H](NC(=O)/C=C/c2ccccc2)C1.O=CO. The third-order valence-electron chi connectivity index (χ3n) is 4.98. The maximum Gasteiger partial charge on any atom is 0.290 e. The number of hydrogen-bond acceptors (Lipinski definition) is 6. The Morgan fingerprint density at radius 3 is 2.61 bits per heavy atom. The molecule has 0 saturated heterocycles. The molecule has 2 amide bonds. The fourth-order valence-corrected chi connectivity index (χ4v) is 3.45. The van der Waals surface area contributed by atoms with E-state index in [1.165, 1.54) is 12.3 Å². The molecule has 31 heavy (non-hydrogen) atoms. The van der Waals surface area contributed by atoms with Gasteiger partial charge in [-0.25, -0.2) is 0 Å². The Morgan fingerprint density at radius 2 is 1.97 bits per heavy atom. The molecule has 2 aromatic rings. The van der Waals surface area contributed by atoms with Gasteiger partial charge in [0.25, 0.3) is 6.47 Å². The fraction of sp³-hybridized carbons (Fsp3) is 0.364. The van der Waals surface area contributed by atoms with Gasteiger partial charge in [-0.2, -0.15) is 0 Å². The number of benzene rings is 1. The summed E-state index contributed by atoms with van der Waals surface area (Å²) < 4.78 is 4.80. The number of carbonyl (C=O) groups is 3. The highest BCUT2D eigenvalue weighted by molar-refractivity contribution is 5.92. The van der Waals surface area contributed by atoms with Gasteiger partial charge in [0.2, 0.25) is 11.8 Å². The topological polar surface area (TPSA) is 133 Å². The number of carboxylic acid groups (broad SMARTS) is 1. The molecule has 1 aliphatic carbocycles. The summed E-state index contributed by atoms with van der Waals surface area (Å²) in [5.41, 5.74) is 1.60. The zero-order valence-electron chi connectivity index (χ0n) is 17.3. The Morgan fingerprint density at radius 1 is 1.26 bits per heavy atom. The number of carbonyl (C=O) groups excluding carboxylic acids is 2. The van der Waals surface area contributed by atoms with E-state index in [0.29, 0.717) is 31.5 Å². The van der Waals surface area contributed by atoms with Crippen LogP contribution in [-0.2, 0) is 20.9 Å². The zero-order valence-corrected chi connectivity index (χ0v) is 17.3. The lowest BCUT2D eigenvalue weighted by atomic mass is 9.83. The molecule has 0 spiro atoms. The molecule has 3 rings (SSSR count). The van der Waals surface area contributed by atoms with E-state index in [0.717, 1.165) is 5.56 Å². The standard InChI is InChI=1S/C21H25N3O4.CH2O2/c1-24(14-17-11-12-28-23-17)21(27)16-8-9-19(25)18(13-16)22-20(26)10-7-15-5-3-2-4-6-15;2-1-3/h2-7,10-12,16,18-19,25H,8-9,13-14H2,1H3,(H,22,26);1H,(H,2,3)/b10-7+;/t16-,18+,19+;/m0./s1. The van der Waals surface area contributed by atoms with E-state index in [4.69, 9.17) is 14.4 Å². The molecule has 0 radical (unpaired) electrons. The van der Waals surface area contributed by atoms with Crippen molar-refractivity contribution in [1.82, 2.24) is 15.4 Å². The van der Waals surface area contributed by atoms with Crippen molar-refractivity contribution in [2.24, 2.45) is 5.92 Å². The highest BCUT2D eigenvalue weighted by Crippen LogP contribution is 2.26. The maximum atomic E-state index is 12.7. The average Bonchev–Trinajstić information content (AvgIpc) is 3.27. The number of nitrogens with zero attached hydrogens (tertiary/aromatic N) is 2. The Kier molecular flexibility index (Phi) is 9.44. The van der Waals surface area contributed by atoms with Gasteiger partial charge in [0.05, 0.1) is 18.7 Å². The first kappa shape index (κ1) is 23.8. The van der Waals surface area contributed by atoms with Crippen molar-refractivity contribution < 1.29 is 29.1 Å². The van der Waals surface area contributed by atoms with E-state index in [-0.39, 0.29) is 24.2 Å².